The van der Waals surface area contributed by atoms with E-state index in [1.807, 2.05) is 0 Å². The third kappa shape index (κ3) is 3.50. The van der Waals surface area contributed by atoms with Gasteiger partial charge in [0.05, 0.1) is 18.2 Å². The van der Waals surface area contributed by atoms with Crippen molar-refractivity contribution in [3.8, 4) is 0 Å². The molecule has 106 valence electrons. The fourth-order valence-electron chi connectivity index (χ4n) is 1.85. The summed E-state index contributed by atoms with van der Waals surface area (Å²) in [6.45, 7) is 2.60. The van der Waals surface area contributed by atoms with Crippen LogP contribution in [0.5, 0.6) is 0 Å². The summed E-state index contributed by atoms with van der Waals surface area (Å²) in [6, 6.07) is 0. The molecule has 2 heterocycles. The Hall–Kier alpha value is -1.03. The molecular formula is C10H15N3O4S2. The second-order valence-electron chi connectivity index (χ2n) is 4.34. The maximum Gasteiger partial charge on any atom is 0.249 e. The lowest BCUT2D eigenvalue weighted by Crippen LogP contribution is -2.30. The van der Waals surface area contributed by atoms with Crippen LogP contribution in [0.3, 0.4) is 0 Å². The van der Waals surface area contributed by atoms with Gasteiger partial charge in [-0.05, 0) is 19.8 Å². The maximum atomic E-state index is 11.9. The van der Waals surface area contributed by atoms with Gasteiger partial charge >= 0.3 is 0 Å². The largest absolute Gasteiger partial charge is 0.381 e. The van der Waals surface area contributed by atoms with E-state index >= 15 is 0 Å². The number of nitrogens with two attached hydrogens (primary N) is 1. The van der Waals surface area contributed by atoms with Crippen LogP contribution in [0.15, 0.2) is 4.21 Å². The van der Waals surface area contributed by atoms with Crippen molar-refractivity contribution in [2.45, 2.75) is 24.0 Å². The standard InChI is InChI=1S/C10H15N3O4S2/c1-6-9(19(11,15)16)18-10(12-6)13-8(14)7-3-2-4-17-5-7/h7H,2-5H2,1H3,(H2,11,15,16)(H,12,13,14). The summed E-state index contributed by atoms with van der Waals surface area (Å²) in [5, 5.41) is 7.92. The van der Waals surface area contributed by atoms with Crippen LogP contribution >= 0.6 is 11.3 Å². The molecule has 0 aromatic carbocycles. The van der Waals surface area contributed by atoms with Crippen molar-refractivity contribution in [2.24, 2.45) is 11.1 Å². The van der Waals surface area contributed by atoms with Crippen LogP contribution in [0.25, 0.3) is 0 Å². The van der Waals surface area contributed by atoms with E-state index in [2.05, 4.69) is 10.3 Å². The normalized spacial score (nSPS) is 20.2. The molecule has 0 radical (unpaired) electrons. The third-order valence-electron chi connectivity index (χ3n) is 2.77. The predicted molar refractivity (Wildman–Crippen MR) is 70.4 cm³/mol. The Kier molecular flexibility index (Phi) is 4.19. The van der Waals surface area contributed by atoms with Crippen LogP contribution in [-0.4, -0.2) is 32.5 Å². The number of carbonyl (C=O) groups excluding carboxylic acids is 1. The van der Waals surface area contributed by atoms with Gasteiger partial charge in [0, 0.05) is 6.61 Å². The lowest BCUT2D eigenvalue weighted by atomic mass is 10.0. The number of ether oxygens (including phenoxy) is 1. The van der Waals surface area contributed by atoms with Gasteiger partial charge < -0.3 is 10.1 Å². The number of rotatable bonds is 3. The number of anilines is 1. The van der Waals surface area contributed by atoms with E-state index < -0.39 is 10.0 Å². The second-order valence-corrected chi connectivity index (χ2v) is 7.10. The number of sulfonamides is 1. The molecule has 1 aromatic rings. The average Bonchev–Trinajstić information content (AvgIpc) is 2.71. The summed E-state index contributed by atoms with van der Waals surface area (Å²) in [4.78, 5) is 15.9. The van der Waals surface area contributed by atoms with E-state index in [9.17, 15) is 13.2 Å². The molecular weight excluding hydrogens is 290 g/mol. The van der Waals surface area contributed by atoms with Crippen LogP contribution in [0.1, 0.15) is 18.5 Å². The van der Waals surface area contributed by atoms with Crippen LogP contribution in [0.4, 0.5) is 5.13 Å². The first-order chi connectivity index (χ1) is 8.88. The first-order valence-electron chi connectivity index (χ1n) is 5.77. The Morgan fingerprint density at radius 3 is 2.84 bits per heavy atom. The van der Waals surface area contributed by atoms with E-state index in [1.54, 1.807) is 0 Å². The number of amides is 1. The Bertz CT molecular complexity index is 576. The molecule has 0 bridgehead atoms. The molecule has 7 nitrogen and oxygen atoms in total. The fourth-order valence-corrected chi connectivity index (χ4v) is 3.72. The minimum absolute atomic E-state index is 0.0253. The van der Waals surface area contributed by atoms with E-state index in [-0.39, 0.29) is 21.2 Å². The van der Waals surface area contributed by atoms with Crippen LogP contribution in [0.2, 0.25) is 0 Å². The van der Waals surface area contributed by atoms with Gasteiger partial charge in [-0.1, -0.05) is 11.3 Å². The van der Waals surface area contributed by atoms with Gasteiger partial charge in [-0.25, -0.2) is 18.5 Å². The molecule has 0 spiro atoms. The van der Waals surface area contributed by atoms with Crippen molar-refractivity contribution in [3.05, 3.63) is 5.69 Å². The monoisotopic (exact) mass is 305 g/mol. The molecule has 1 aliphatic rings. The molecule has 0 aliphatic carbocycles. The lowest BCUT2D eigenvalue weighted by molar-refractivity contribution is -0.123. The molecule has 1 amide bonds. The number of aryl methyl sites for hydroxylation is 1. The summed E-state index contributed by atoms with van der Waals surface area (Å²) in [5.74, 6) is -0.412. The predicted octanol–water partition coefficient (Wildman–Crippen LogP) is 0.464. The number of nitrogens with one attached hydrogen (secondary N) is 1. The highest BCUT2D eigenvalue weighted by Gasteiger charge is 2.24. The molecule has 9 heteroatoms. The molecule has 1 fully saturated rings. The van der Waals surface area contributed by atoms with Gasteiger partial charge in [-0.3, -0.25) is 4.79 Å². The highest BCUT2D eigenvalue weighted by atomic mass is 32.2. The first kappa shape index (κ1) is 14.4. The Balaban J connectivity index is 2.09. The van der Waals surface area contributed by atoms with E-state index in [1.165, 1.54) is 6.92 Å². The summed E-state index contributed by atoms with van der Waals surface area (Å²) < 4.78 is 27.7. The zero-order valence-corrected chi connectivity index (χ0v) is 12.0. The number of primary sulfonamides is 1. The topological polar surface area (TPSA) is 111 Å². The molecule has 19 heavy (non-hydrogen) atoms. The lowest BCUT2D eigenvalue weighted by Gasteiger charge is -2.20. The van der Waals surface area contributed by atoms with Crippen molar-refractivity contribution in [2.75, 3.05) is 18.5 Å². The van der Waals surface area contributed by atoms with Crippen LogP contribution < -0.4 is 10.5 Å². The summed E-state index contributed by atoms with van der Waals surface area (Å²) >= 11 is 0.862. The molecule has 1 saturated heterocycles. The minimum Gasteiger partial charge on any atom is -0.381 e. The summed E-state index contributed by atoms with van der Waals surface area (Å²) in [7, 11) is -3.79. The van der Waals surface area contributed by atoms with Crippen LogP contribution in [0, 0.1) is 12.8 Å². The van der Waals surface area contributed by atoms with Gasteiger partial charge in [-0.15, -0.1) is 0 Å². The van der Waals surface area contributed by atoms with Gasteiger partial charge in [0.1, 0.15) is 0 Å². The van der Waals surface area contributed by atoms with Gasteiger partial charge in [0.15, 0.2) is 9.34 Å². The third-order valence-corrected chi connectivity index (χ3v) is 5.40. The van der Waals surface area contributed by atoms with Crippen molar-refractivity contribution in [3.63, 3.8) is 0 Å². The molecule has 1 aromatic heterocycles. The van der Waals surface area contributed by atoms with Crippen molar-refractivity contribution in [1.82, 2.24) is 4.98 Å². The quantitative estimate of drug-likeness (QED) is 0.843. The number of hydrogen-bond acceptors (Lipinski definition) is 6. The van der Waals surface area contributed by atoms with Gasteiger partial charge in [-0.2, -0.15) is 0 Å². The Morgan fingerprint density at radius 1 is 1.58 bits per heavy atom. The minimum atomic E-state index is -3.79. The van der Waals surface area contributed by atoms with E-state index in [0.29, 0.717) is 18.9 Å². The smallest absolute Gasteiger partial charge is 0.249 e. The number of thiazole rings is 1. The van der Waals surface area contributed by atoms with Crippen molar-refractivity contribution in [1.29, 1.82) is 0 Å². The average molecular weight is 305 g/mol. The van der Waals surface area contributed by atoms with Crippen LogP contribution in [-0.2, 0) is 19.6 Å². The molecule has 1 unspecified atom stereocenters. The Labute approximate surface area is 115 Å². The van der Waals surface area contributed by atoms with Gasteiger partial charge in [0.25, 0.3) is 0 Å². The summed E-state index contributed by atoms with van der Waals surface area (Å²) in [6.07, 6.45) is 1.61. The second kappa shape index (κ2) is 5.53. The SMILES string of the molecule is Cc1nc(NC(=O)C2CCCOC2)sc1S(N)(=O)=O. The van der Waals surface area contributed by atoms with Crippen molar-refractivity contribution < 1.29 is 17.9 Å². The molecule has 1 aliphatic heterocycles. The summed E-state index contributed by atoms with van der Waals surface area (Å²) in [5.41, 5.74) is 0.294. The zero-order chi connectivity index (χ0) is 14.0. The molecule has 2 rings (SSSR count). The number of aromatic nitrogens is 1. The Morgan fingerprint density at radius 2 is 2.32 bits per heavy atom. The highest BCUT2D eigenvalue weighted by Crippen LogP contribution is 2.26. The highest BCUT2D eigenvalue weighted by molar-refractivity contribution is 7.91. The maximum absolute atomic E-state index is 11.9. The molecule has 1 atom stereocenters. The number of nitrogens with zero attached hydrogens (tertiary/aromatic N) is 1. The molecule has 0 saturated carbocycles. The fraction of sp³-hybridized carbons (Fsp3) is 0.600. The first-order valence-corrected chi connectivity index (χ1v) is 8.13. The van der Waals surface area contributed by atoms with Crippen molar-refractivity contribution >= 4 is 32.4 Å². The molecule has 3 N–H and O–H groups in total. The van der Waals surface area contributed by atoms with Gasteiger partial charge in [0.2, 0.25) is 15.9 Å². The van der Waals surface area contributed by atoms with E-state index in [4.69, 9.17) is 9.88 Å². The number of carbonyl (C=O) groups is 1. The number of hydrogen-bond donors (Lipinski definition) is 2. The zero-order valence-electron chi connectivity index (χ0n) is 10.4. The van der Waals surface area contributed by atoms with E-state index in [0.717, 1.165) is 24.2 Å².